The van der Waals surface area contributed by atoms with Gasteiger partial charge in [0, 0.05) is 17.4 Å². The summed E-state index contributed by atoms with van der Waals surface area (Å²) in [7, 11) is -2.37. The van der Waals surface area contributed by atoms with Crippen molar-refractivity contribution in [2.75, 3.05) is 11.0 Å². The molecule has 1 unspecified atom stereocenters. The van der Waals surface area contributed by atoms with Crippen LogP contribution in [0.3, 0.4) is 0 Å². The Bertz CT molecular complexity index is 618. The number of hydrogen-bond donors (Lipinski definition) is 1. The Hall–Kier alpha value is -1.06. The molecule has 0 bridgehead atoms. The molecule has 1 aromatic carbocycles. The van der Waals surface area contributed by atoms with E-state index in [-0.39, 0.29) is 5.69 Å². The van der Waals surface area contributed by atoms with E-state index >= 15 is 0 Å². The van der Waals surface area contributed by atoms with Crippen LogP contribution >= 0.6 is 0 Å². The normalized spacial score (nSPS) is 21.3. The fourth-order valence-corrected chi connectivity index (χ4v) is 2.64. The molecule has 1 saturated heterocycles. The van der Waals surface area contributed by atoms with Gasteiger partial charge >= 0.3 is 13.3 Å². The molecule has 128 valence electrons. The molecular weight excluding hydrogens is 330 g/mol. The van der Waals surface area contributed by atoms with Gasteiger partial charge in [0.2, 0.25) is 0 Å². The van der Waals surface area contributed by atoms with Crippen LogP contribution in [0.1, 0.15) is 33.3 Å². The molecule has 0 aliphatic carbocycles. The van der Waals surface area contributed by atoms with Crippen LogP contribution in [-0.2, 0) is 26.5 Å². The monoisotopic (exact) mass is 349 g/mol. The fraction of sp³-hybridized carbons (Fsp3) is 0.571. The minimum absolute atomic E-state index is 0.0826. The van der Waals surface area contributed by atoms with Gasteiger partial charge in [-0.2, -0.15) is 13.2 Å². The number of anilines is 1. The van der Waals surface area contributed by atoms with Crippen LogP contribution in [0, 0.1) is 0 Å². The van der Waals surface area contributed by atoms with E-state index in [9.17, 15) is 17.4 Å². The molecule has 1 heterocycles. The van der Waals surface area contributed by atoms with Crippen LogP contribution in [0.2, 0.25) is 0 Å². The van der Waals surface area contributed by atoms with Crippen LogP contribution in [0.4, 0.5) is 18.9 Å². The molecule has 23 heavy (non-hydrogen) atoms. The Labute approximate surface area is 136 Å². The zero-order valence-electron chi connectivity index (χ0n) is 13.6. The highest BCUT2D eigenvalue weighted by Gasteiger charge is 2.52. The highest BCUT2D eigenvalue weighted by atomic mass is 32.2. The van der Waals surface area contributed by atoms with Crippen molar-refractivity contribution >= 4 is 29.3 Å². The van der Waals surface area contributed by atoms with Gasteiger partial charge in [-0.05, 0) is 33.8 Å². The molecule has 1 aliphatic rings. The second-order valence-corrected chi connectivity index (χ2v) is 7.56. The van der Waals surface area contributed by atoms with E-state index < -0.39 is 41.0 Å². The van der Waals surface area contributed by atoms with Gasteiger partial charge in [-0.15, -0.1) is 0 Å². The molecule has 2 rings (SSSR count). The molecule has 0 amide bonds. The molecule has 0 spiro atoms. The summed E-state index contributed by atoms with van der Waals surface area (Å²) in [5.74, 6) is 0. The van der Waals surface area contributed by atoms with Crippen LogP contribution in [-0.4, -0.2) is 28.8 Å². The maximum absolute atomic E-state index is 12.9. The molecule has 1 N–H and O–H groups in total. The lowest BCUT2D eigenvalue weighted by molar-refractivity contribution is -0.137. The zero-order chi connectivity index (χ0) is 17.6. The van der Waals surface area contributed by atoms with Crippen molar-refractivity contribution in [1.29, 1.82) is 0 Å². The van der Waals surface area contributed by atoms with Gasteiger partial charge in [-0.25, -0.2) is 4.21 Å². The quantitative estimate of drug-likeness (QED) is 0.854. The standard InChI is InChI=1S/C14H19BF3NO3S/c1-12(2)13(3,4)22-15(21-12)10-7-6-9(14(16,17)18)8-11(10)19-23(5)20/h6-8,19H,1-5H3. The number of hydrogen-bond acceptors (Lipinski definition) is 3. The lowest BCUT2D eigenvalue weighted by Crippen LogP contribution is -2.41. The van der Waals surface area contributed by atoms with Gasteiger partial charge in [0.1, 0.15) is 11.0 Å². The highest BCUT2D eigenvalue weighted by molar-refractivity contribution is 7.85. The molecule has 0 saturated carbocycles. The number of alkyl halides is 3. The van der Waals surface area contributed by atoms with Crippen LogP contribution in [0.5, 0.6) is 0 Å². The molecular formula is C14H19BF3NO3S. The molecule has 1 fully saturated rings. The number of benzene rings is 1. The van der Waals surface area contributed by atoms with Crippen LogP contribution < -0.4 is 10.2 Å². The summed E-state index contributed by atoms with van der Waals surface area (Å²) in [5.41, 5.74) is -1.61. The van der Waals surface area contributed by atoms with Crippen molar-refractivity contribution in [1.82, 2.24) is 0 Å². The average Bonchev–Trinajstić information content (AvgIpc) is 2.56. The molecule has 1 aliphatic heterocycles. The van der Waals surface area contributed by atoms with E-state index in [0.29, 0.717) is 5.46 Å². The average molecular weight is 349 g/mol. The number of halogens is 3. The fourth-order valence-electron chi connectivity index (χ4n) is 2.15. The second kappa shape index (κ2) is 5.79. The Kier molecular flexibility index (Phi) is 4.60. The summed E-state index contributed by atoms with van der Waals surface area (Å²) in [4.78, 5) is 0. The van der Waals surface area contributed by atoms with Crippen molar-refractivity contribution in [2.24, 2.45) is 0 Å². The molecule has 0 aromatic heterocycles. The van der Waals surface area contributed by atoms with Gasteiger partial charge in [-0.1, -0.05) is 12.1 Å². The minimum atomic E-state index is -4.49. The highest BCUT2D eigenvalue weighted by Crippen LogP contribution is 2.37. The maximum Gasteiger partial charge on any atom is 0.496 e. The Morgan fingerprint density at radius 1 is 1.13 bits per heavy atom. The predicted molar refractivity (Wildman–Crippen MR) is 84.8 cm³/mol. The summed E-state index contributed by atoms with van der Waals surface area (Å²) in [6.45, 7) is 7.40. The summed E-state index contributed by atoms with van der Waals surface area (Å²) >= 11 is 0. The molecule has 1 aromatic rings. The van der Waals surface area contributed by atoms with Crippen LogP contribution in [0.25, 0.3) is 0 Å². The topological polar surface area (TPSA) is 47.6 Å². The van der Waals surface area contributed by atoms with Gasteiger partial charge < -0.3 is 14.0 Å². The van der Waals surface area contributed by atoms with Gasteiger partial charge in [0.05, 0.1) is 16.8 Å². The zero-order valence-corrected chi connectivity index (χ0v) is 14.4. The first kappa shape index (κ1) is 18.3. The molecule has 1 atom stereocenters. The third-order valence-electron chi connectivity index (χ3n) is 4.14. The number of rotatable bonds is 3. The van der Waals surface area contributed by atoms with E-state index in [1.807, 2.05) is 27.7 Å². The maximum atomic E-state index is 12.9. The largest absolute Gasteiger partial charge is 0.496 e. The van der Waals surface area contributed by atoms with Gasteiger partial charge in [0.25, 0.3) is 0 Å². The Morgan fingerprint density at radius 2 is 1.65 bits per heavy atom. The molecule has 0 radical (unpaired) electrons. The molecule has 4 nitrogen and oxygen atoms in total. The first-order chi connectivity index (χ1) is 10.3. The second-order valence-electron chi connectivity index (χ2n) is 6.44. The smallest absolute Gasteiger partial charge is 0.399 e. The van der Waals surface area contributed by atoms with E-state index in [1.165, 1.54) is 12.3 Å². The number of nitrogens with one attached hydrogen (secondary N) is 1. The summed E-state index contributed by atoms with van der Waals surface area (Å²) in [5, 5.41) is 0. The Balaban J connectivity index is 2.44. The summed E-state index contributed by atoms with van der Waals surface area (Å²) in [6.07, 6.45) is -3.14. The predicted octanol–water partition coefficient (Wildman–Crippen LogP) is 2.71. The van der Waals surface area contributed by atoms with E-state index in [4.69, 9.17) is 9.31 Å². The van der Waals surface area contributed by atoms with Crippen LogP contribution in [0.15, 0.2) is 18.2 Å². The lowest BCUT2D eigenvalue weighted by atomic mass is 9.77. The van der Waals surface area contributed by atoms with E-state index in [2.05, 4.69) is 4.72 Å². The van der Waals surface area contributed by atoms with E-state index in [0.717, 1.165) is 12.1 Å². The molecule has 9 heteroatoms. The summed E-state index contributed by atoms with van der Waals surface area (Å²) in [6, 6.07) is 3.17. The lowest BCUT2D eigenvalue weighted by Gasteiger charge is -2.32. The van der Waals surface area contributed by atoms with E-state index in [1.54, 1.807) is 0 Å². The minimum Gasteiger partial charge on any atom is -0.399 e. The third kappa shape index (κ3) is 3.72. The van der Waals surface area contributed by atoms with Crippen molar-refractivity contribution < 1.29 is 26.7 Å². The van der Waals surface area contributed by atoms with Gasteiger partial charge in [-0.3, -0.25) is 0 Å². The Morgan fingerprint density at radius 3 is 2.09 bits per heavy atom. The van der Waals surface area contributed by atoms with Crippen molar-refractivity contribution in [3.63, 3.8) is 0 Å². The SMILES string of the molecule is CS(=O)Nc1cc(C(F)(F)F)ccc1B1OC(C)(C)C(C)(C)O1. The summed E-state index contributed by atoms with van der Waals surface area (Å²) < 4.78 is 64.4. The van der Waals surface area contributed by atoms with Crippen molar-refractivity contribution in [3.05, 3.63) is 23.8 Å². The third-order valence-corrected chi connectivity index (χ3v) is 4.65. The first-order valence-corrected chi connectivity index (χ1v) is 8.56. The van der Waals surface area contributed by atoms with Crippen molar-refractivity contribution in [2.45, 2.75) is 45.1 Å². The van der Waals surface area contributed by atoms with Crippen molar-refractivity contribution in [3.8, 4) is 0 Å². The first-order valence-electron chi connectivity index (χ1n) is 7.00. The van der Waals surface area contributed by atoms with Gasteiger partial charge in [0.15, 0.2) is 0 Å².